The van der Waals surface area contributed by atoms with Gasteiger partial charge in [-0.05, 0) is 30.7 Å². The number of amides is 1. The number of pyridine rings is 1. The summed E-state index contributed by atoms with van der Waals surface area (Å²) >= 11 is 0. The van der Waals surface area contributed by atoms with Crippen LogP contribution in [-0.2, 0) is 13.0 Å². The van der Waals surface area contributed by atoms with Gasteiger partial charge in [-0.1, -0.05) is 12.1 Å². The third-order valence-corrected chi connectivity index (χ3v) is 3.92. The normalized spacial score (nSPS) is 13.7. The number of hydrogen-bond acceptors (Lipinski definition) is 4. The summed E-state index contributed by atoms with van der Waals surface area (Å²) in [6.07, 6.45) is 2.46. The van der Waals surface area contributed by atoms with Crippen LogP contribution in [0, 0.1) is 0 Å². The maximum atomic E-state index is 12.7. The van der Waals surface area contributed by atoms with Crippen LogP contribution < -0.4 is 9.47 Å². The number of benzene rings is 1. The molecule has 1 aromatic heterocycles. The molecule has 2 heterocycles. The van der Waals surface area contributed by atoms with Gasteiger partial charge < -0.3 is 14.4 Å². The molecule has 0 fully saturated rings. The first-order valence-electron chi connectivity index (χ1n) is 7.75. The number of fused-ring (bicyclic) bond motifs is 1. The fourth-order valence-electron chi connectivity index (χ4n) is 2.72. The quantitative estimate of drug-likeness (QED) is 0.852. The lowest BCUT2D eigenvalue weighted by Gasteiger charge is -2.28. The fourth-order valence-corrected chi connectivity index (χ4v) is 2.72. The number of rotatable bonds is 5. The van der Waals surface area contributed by atoms with E-state index in [1.54, 1.807) is 19.4 Å². The molecule has 0 atom stereocenters. The highest BCUT2D eigenvalue weighted by Crippen LogP contribution is 2.23. The molecule has 1 amide bonds. The Morgan fingerprint density at radius 1 is 1.22 bits per heavy atom. The molecular weight excluding hydrogens is 292 g/mol. The standard InChI is InChI=1S/C18H20N2O3/c1-3-23-15-10-16-17(19-11-15)8-9-20(18(16)21)12-13-4-6-14(22-2)7-5-13/h4-7,10-11H,3,8-9,12H2,1-2H3. The Kier molecular flexibility index (Phi) is 4.46. The van der Waals surface area contributed by atoms with Crippen LogP contribution in [0.1, 0.15) is 28.5 Å². The molecule has 120 valence electrons. The van der Waals surface area contributed by atoms with Gasteiger partial charge in [-0.2, -0.15) is 0 Å². The van der Waals surface area contributed by atoms with E-state index in [4.69, 9.17) is 9.47 Å². The van der Waals surface area contributed by atoms with Crippen molar-refractivity contribution in [3.05, 3.63) is 53.3 Å². The first-order valence-corrected chi connectivity index (χ1v) is 7.75. The van der Waals surface area contributed by atoms with Gasteiger partial charge in [-0.25, -0.2) is 0 Å². The first-order chi connectivity index (χ1) is 11.2. The van der Waals surface area contributed by atoms with Gasteiger partial charge in [-0.15, -0.1) is 0 Å². The van der Waals surface area contributed by atoms with E-state index in [1.165, 1.54) is 0 Å². The van der Waals surface area contributed by atoms with Crippen LogP contribution in [0.25, 0.3) is 0 Å². The summed E-state index contributed by atoms with van der Waals surface area (Å²) in [5.74, 6) is 1.47. The predicted octanol–water partition coefficient (Wildman–Crippen LogP) is 2.69. The van der Waals surface area contributed by atoms with Crippen LogP contribution in [0.3, 0.4) is 0 Å². The Morgan fingerprint density at radius 3 is 2.70 bits per heavy atom. The summed E-state index contributed by atoms with van der Waals surface area (Å²) in [6, 6.07) is 9.58. The topological polar surface area (TPSA) is 51.7 Å². The second-order valence-electron chi connectivity index (χ2n) is 5.42. The molecule has 1 aliphatic rings. The lowest BCUT2D eigenvalue weighted by Crippen LogP contribution is -2.37. The van der Waals surface area contributed by atoms with Gasteiger partial charge in [0.15, 0.2) is 0 Å². The maximum absolute atomic E-state index is 12.7. The number of methoxy groups -OCH3 is 1. The fraction of sp³-hybridized carbons (Fsp3) is 0.333. The highest BCUT2D eigenvalue weighted by Gasteiger charge is 2.25. The van der Waals surface area contributed by atoms with Crippen molar-refractivity contribution in [3.8, 4) is 11.5 Å². The molecule has 1 aromatic carbocycles. The monoisotopic (exact) mass is 312 g/mol. The maximum Gasteiger partial charge on any atom is 0.256 e. The van der Waals surface area contributed by atoms with Gasteiger partial charge in [0.25, 0.3) is 5.91 Å². The smallest absolute Gasteiger partial charge is 0.256 e. The van der Waals surface area contributed by atoms with E-state index in [-0.39, 0.29) is 5.91 Å². The van der Waals surface area contributed by atoms with Gasteiger partial charge in [0, 0.05) is 19.5 Å². The largest absolute Gasteiger partial charge is 0.497 e. The van der Waals surface area contributed by atoms with Crippen molar-refractivity contribution in [2.24, 2.45) is 0 Å². The molecule has 0 saturated carbocycles. The van der Waals surface area contributed by atoms with Crippen molar-refractivity contribution < 1.29 is 14.3 Å². The Morgan fingerprint density at radius 2 is 2.00 bits per heavy atom. The molecule has 0 radical (unpaired) electrons. The molecule has 2 aromatic rings. The molecule has 23 heavy (non-hydrogen) atoms. The van der Waals surface area contributed by atoms with Gasteiger partial charge in [-0.3, -0.25) is 9.78 Å². The number of carbonyl (C=O) groups excluding carboxylic acids is 1. The molecule has 0 aliphatic carbocycles. The summed E-state index contributed by atoms with van der Waals surface area (Å²) in [7, 11) is 1.64. The summed E-state index contributed by atoms with van der Waals surface area (Å²) in [5.41, 5.74) is 2.58. The summed E-state index contributed by atoms with van der Waals surface area (Å²) in [4.78, 5) is 18.9. The Balaban J connectivity index is 1.77. The molecule has 5 heteroatoms. The third kappa shape index (κ3) is 3.28. The van der Waals surface area contributed by atoms with Crippen molar-refractivity contribution in [1.29, 1.82) is 0 Å². The van der Waals surface area contributed by atoms with Crippen molar-refractivity contribution in [2.45, 2.75) is 19.9 Å². The van der Waals surface area contributed by atoms with Crippen LogP contribution in [-0.4, -0.2) is 36.1 Å². The minimum Gasteiger partial charge on any atom is -0.497 e. The first kappa shape index (κ1) is 15.3. The van der Waals surface area contributed by atoms with Crippen molar-refractivity contribution in [2.75, 3.05) is 20.3 Å². The van der Waals surface area contributed by atoms with E-state index in [0.29, 0.717) is 31.0 Å². The minimum absolute atomic E-state index is 0.0103. The molecule has 5 nitrogen and oxygen atoms in total. The molecule has 0 saturated heterocycles. The van der Waals surface area contributed by atoms with Gasteiger partial charge in [0.1, 0.15) is 11.5 Å². The lowest BCUT2D eigenvalue weighted by molar-refractivity contribution is 0.0724. The lowest BCUT2D eigenvalue weighted by atomic mass is 10.0. The van der Waals surface area contributed by atoms with Gasteiger partial charge >= 0.3 is 0 Å². The zero-order valence-corrected chi connectivity index (χ0v) is 13.4. The van der Waals surface area contributed by atoms with Gasteiger partial charge in [0.05, 0.1) is 31.2 Å². The Hall–Kier alpha value is -2.56. The van der Waals surface area contributed by atoms with Crippen molar-refractivity contribution in [3.63, 3.8) is 0 Å². The van der Waals surface area contributed by atoms with Crippen molar-refractivity contribution >= 4 is 5.91 Å². The van der Waals surface area contributed by atoms with E-state index < -0.39 is 0 Å². The third-order valence-electron chi connectivity index (χ3n) is 3.92. The number of hydrogen-bond donors (Lipinski definition) is 0. The van der Waals surface area contributed by atoms with E-state index in [0.717, 1.165) is 23.4 Å². The average molecular weight is 312 g/mol. The summed E-state index contributed by atoms with van der Waals surface area (Å²) in [6.45, 7) is 3.74. The van der Waals surface area contributed by atoms with E-state index >= 15 is 0 Å². The second kappa shape index (κ2) is 6.69. The SMILES string of the molecule is CCOc1cnc2c(c1)C(=O)N(Cc1ccc(OC)cc1)CC2. The molecule has 0 N–H and O–H groups in total. The van der Waals surface area contributed by atoms with Gasteiger partial charge in [0.2, 0.25) is 0 Å². The number of ether oxygens (including phenoxy) is 2. The second-order valence-corrected chi connectivity index (χ2v) is 5.42. The number of carbonyl (C=O) groups is 1. The molecule has 0 unspecified atom stereocenters. The molecule has 0 spiro atoms. The predicted molar refractivity (Wildman–Crippen MR) is 86.8 cm³/mol. The highest BCUT2D eigenvalue weighted by molar-refractivity contribution is 5.96. The zero-order chi connectivity index (χ0) is 16.2. The van der Waals surface area contributed by atoms with E-state index in [2.05, 4.69) is 4.98 Å². The average Bonchev–Trinajstić information content (AvgIpc) is 2.59. The summed E-state index contributed by atoms with van der Waals surface area (Å²) in [5, 5.41) is 0. The molecule has 0 bridgehead atoms. The van der Waals surface area contributed by atoms with Crippen LogP contribution in [0.5, 0.6) is 11.5 Å². The summed E-state index contributed by atoms with van der Waals surface area (Å²) < 4.78 is 10.6. The molecule has 3 rings (SSSR count). The number of nitrogens with zero attached hydrogens (tertiary/aromatic N) is 2. The Bertz CT molecular complexity index is 698. The van der Waals surface area contributed by atoms with Crippen LogP contribution in [0.15, 0.2) is 36.5 Å². The van der Waals surface area contributed by atoms with Crippen LogP contribution in [0.2, 0.25) is 0 Å². The van der Waals surface area contributed by atoms with Crippen molar-refractivity contribution in [1.82, 2.24) is 9.88 Å². The molecular formula is C18H20N2O3. The highest BCUT2D eigenvalue weighted by atomic mass is 16.5. The number of aromatic nitrogens is 1. The van der Waals surface area contributed by atoms with Crippen LogP contribution >= 0.6 is 0 Å². The minimum atomic E-state index is 0.0103. The zero-order valence-electron chi connectivity index (χ0n) is 13.4. The molecule has 1 aliphatic heterocycles. The van der Waals surface area contributed by atoms with Crippen LogP contribution in [0.4, 0.5) is 0 Å². The van der Waals surface area contributed by atoms with E-state index in [9.17, 15) is 4.79 Å². The Labute approximate surface area is 135 Å². The van der Waals surface area contributed by atoms with E-state index in [1.807, 2.05) is 36.1 Å².